The van der Waals surface area contributed by atoms with Crippen molar-refractivity contribution in [1.29, 1.82) is 0 Å². The highest BCUT2D eigenvalue weighted by molar-refractivity contribution is 7.98. The van der Waals surface area contributed by atoms with Crippen molar-refractivity contribution in [1.82, 2.24) is 5.43 Å². The Morgan fingerprint density at radius 3 is 2.53 bits per heavy atom. The second kappa shape index (κ2) is 6.52. The van der Waals surface area contributed by atoms with Crippen LogP contribution in [0.2, 0.25) is 0 Å². The van der Waals surface area contributed by atoms with Crippen LogP contribution in [-0.4, -0.2) is 6.26 Å². The van der Waals surface area contributed by atoms with Crippen molar-refractivity contribution in [2.45, 2.75) is 24.3 Å². The van der Waals surface area contributed by atoms with E-state index in [9.17, 15) is 0 Å². The van der Waals surface area contributed by atoms with Gasteiger partial charge in [-0.05, 0) is 30.9 Å². The Balaban J connectivity index is 2.76. The van der Waals surface area contributed by atoms with Crippen molar-refractivity contribution in [3.63, 3.8) is 0 Å². The molecule has 3 heteroatoms. The van der Waals surface area contributed by atoms with Crippen LogP contribution in [0.15, 0.2) is 29.2 Å². The van der Waals surface area contributed by atoms with Crippen molar-refractivity contribution >= 4 is 11.8 Å². The number of nitrogens with two attached hydrogens (primary N) is 1. The Morgan fingerprint density at radius 2 is 2.07 bits per heavy atom. The number of hydrogen-bond donors (Lipinski definition) is 2. The minimum absolute atomic E-state index is 0.119. The van der Waals surface area contributed by atoms with Crippen molar-refractivity contribution < 1.29 is 0 Å². The maximum Gasteiger partial charge on any atom is 0.0569 e. The van der Waals surface area contributed by atoms with Crippen molar-refractivity contribution in [2.24, 2.45) is 5.84 Å². The van der Waals surface area contributed by atoms with E-state index in [1.807, 2.05) is 6.92 Å². The SMILES string of the molecule is CC#CCC(NN)c1ccc(SC)cc1. The van der Waals surface area contributed by atoms with Gasteiger partial charge in [-0.3, -0.25) is 11.3 Å². The van der Waals surface area contributed by atoms with Crippen LogP contribution < -0.4 is 11.3 Å². The molecule has 1 aromatic carbocycles. The Hall–Kier alpha value is -0.950. The van der Waals surface area contributed by atoms with E-state index < -0.39 is 0 Å². The topological polar surface area (TPSA) is 38.0 Å². The predicted molar refractivity (Wildman–Crippen MR) is 66.4 cm³/mol. The van der Waals surface area contributed by atoms with Crippen LogP contribution in [-0.2, 0) is 0 Å². The summed E-state index contributed by atoms with van der Waals surface area (Å²) >= 11 is 1.74. The molecule has 0 aliphatic carbocycles. The molecule has 0 saturated carbocycles. The minimum Gasteiger partial charge on any atom is -0.271 e. The summed E-state index contributed by atoms with van der Waals surface area (Å²) < 4.78 is 0. The third-order valence-electron chi connectivity index (χ3n) is 2.20. The second-order valence-electron chi connectivity index (χ2n) is 3.12. The minimum atomic E-state index is 0.119. The molecule has 0 radical (unpaired) electrons. The summed E-state index contributed by atoms with van der Waals surface area (Å²) in [7, 11) is 0. The van der Waals surface area contributed by atoms with Gasteiger partial charge in [-0.15, -0.1) is 23.6 Å². The first kappa shape index (κ1) is 12.1. The Morgan fingerprint density at radius 1 is 1.40 bits per heavy atom. The quantitative estimate of drug-likeness (QED) is 0.354. The van der Waals surface area contributed by atoms with Gasteiger partial charge < -0.3 is 0 Å². The lowest BCUT2D eigenvalue weighted by Crippen LogP contribution is -2.27. The van der Waals surface area contributed by atoms with E-state index in [0.717, 1.165) is 6.42 Å². The molecule has 0 saturated heterocycles. The summed E-state index contributed by atoms with van der Waals surface area (Å²) in [5, 5.41) is 0. The van der Waals surface area contributed by atoms with E-state index in [-0.39, 0.29) is 6.04 Å². The van der Waals surface area contributed by atoms with E-state index in [1.165, 1.54) is 10.5 Å². The monoisotopic (exact) mass is 220 g/mol. The van der Waals surface area contributed by atoms with Gasteiger partial charge in [-0.25, -0.2) is 0 Å². The van der Waals surface area contributed by atoms with E-state index in [4.69, 9.17) is 5.84 Å². The Labute approximate surface area is 95.6 Å². The molecule has 0 aliphatic rings. The van der Waals surface area contributed by atoms with Crippen LogP contribution in [0, 0.1) is 11.8 Å². The fourth-order valence-electron chi connectivity index (χ4n) is 1.31. The highest BCUT2D eigenvalue weighted by Gasteiger charge is 2.07. The van der Waals surface area contributed by atoms with Crippen LogP contribution in [0.5, 0.6) is 0 Å². The highest BCUT2D eigenvalue weighted by atomic mass is 32.2. The van der Waals surface area contributed by atoms with Gasteiger partial charge >= 0.3 is 0 Å². The molecule has 2 nitrogen and oxygen atoms in total. The van der Waals surface area contributed by atoms with E-state index in [2.05, 4.69) is 47.8 Å². The zero-order chi connectivity index (χ0) is 11.1. The standard InChI is InChI=1S/C12H16N2S/c1-3-4-5-12(14-13)10-6-8-11(15-2)9-7-10/h6-9,12,14H,5,13H2,1-2H3. The molecular weight excluding hydrogens is 204 g/mol. The van der Waals surface area contributed by atoms with Gasteiger partial charge in [0.05, 0.1) is 6.04 Å². The lowest BCUT2D eigenvalue weighted by Gasteiger charge is -2.13. The summed E-state index contributed by atoms with van der Waals surface area (Å²) in [6.07, 6.45) is 2.81. The average Bonchev–Trinajstić information content (AvgIpc) is 2.31. The van der Waals surface area contributed by atoms with E-state index in [1.54, 1.807) is 11.8 Å². The maximum absolute atomic E-state index is 5.49. The van der Waals surface area contributed by atoms with Crippen LogP contribution in [0.4, 0.5) is 0 Å². The molecule has 0 spiro atoms. The first-order valence-electron chi connectivity index (χ1n) is 4.81. The van der Waals surface area contributed by atoms with Crippen LogP contribution in [0.1, 0.15) is 24.9 Å². The predicted octanol–water partition coefficient (Wildman–Crippen LogP) is 2.33. The molecule has 0 bridgehead atoms. The molecule has 80 valence electrons. The number of benzene rings is 1. The number of hydrazine groups is 1. The number of nitrogens with one attached hydrogen (secondary N) is 1. The molecule has 1 unspecified atom stereocenters. The molecule has 0 heterocycles. The maximum atomic E-state index is 5.49. The molecule has 0 aromatic heterocycles. The average molecular weight is 220 g/mol. The first-order chi connectivity index (χ1) is 7.31. The third-order valence-corrected chi connectivity index (χ3v) is 2.95. The van der Waals surface area contributed by atoms with Gasteiger partial charge in [-0.2, -0.15) is 0 Å². The second-order valence-corrected chi connectivity index (χ2v) is 4.00. The van der Waals surface area contributed by atoms with Crippen LogP contribution in [0.3, 0.4) is 0 Å². The van der Waals surface area contributed by atoms with E-state index >= 15 is 0 Å². The fourth-order valence-corrected chi connectivity index (χ4v) is 1.72. The third kappa shape index (κ3) is 3.60. The van der Waals surface area contributed by atoms with Crippen molar-refractivity contribution in [3.8, 4) is 11.8 Å². The number of hydrogen-bond acceptors (Lipinski definition) is 3. The molecule has 1 aromatic rings. The summed E-state index contributed by atoms with van der Waals surface area (Å²) in [5.74, 6) is 11.4. The number of rotatable bonds is 4. The normalized spacial score (nSPS) is 11.7. The van der Waals surface area contributed by atoms with Gasteiger partial charge in [0.2, 0.25) is 0 Å². The van der Waals surface area contributed by atoms with Crippen molar-refractivity contribution in [3.05, 3.63) is 29.8 Å². The van der Waals surface area contributed by atoms with Crippen LogP contribution in [0.25, 0.3) is 0 Å². The van der Waals surface area contributed by atoms with Gasteiger partial charge in [0.25, 0.3) is 0 Å². The molecule has 0 fully saturated rings. The largest absolute Gasteiger partial charge is 0.271 e. The first-order valence-corrected chi connectivity index (χ1v) is 6.04. The zero-order valence-corrected chi connectivity index (χ0v) is 9.90. The van der Waals surface area contributed by atoms with Crippen LogP contribution >= 0.6 is 11.8 Å². The molecule has 0 aliphatic heterocycles. The summed E-state index contributed by atoms with van der Waals surface area (Å²) in [4.78, 5) is 1.26. The van der Waals surface area contributed by atoms with E-state index in [0.29, 0.717) is 0 Å². The van der Waals surface area contributed by atoms with Gasteiger partial charge in [0, 0.05) is 11.3 Å². The Bertz CT molecular complexity index is 348. The summed E-state index contributed by atoms with van der Waals surface area (Å²) in [5.41, 5.74) is 3.96. The zero-order valence-electron chi connectivity index (χ0n) is 9.08. The molecule has 15 heavy (non-hydrogen) atoms. The molecular formula is C12H16N2S. The summed E-state index contributed by atoms with van der Waals surface area (Å²) in [6, 6.07) is 8.50. The van der Waals surface area contributed by atoms with Crippen molar-refractivity contribution in [2.75, 3.05) is 6.26 Å². The smallest absolute Gasteiger partial charge is 0.0569 e. The summed E-state index contributed by atoms with van der Waals surface area (Å²) in [6.45, 7) is 1.84. The number of thioether (sulfide) groups is 1. The van der Waals surface area contributed by atoms with Gasteiger partial charge in [-0.1, -0.05) is 12.1 Å². The molecule has 1 rings (SSSR count). The lowest BCUT2D eigenvalue weighted by atomic mass is 10.1. The van der Waals surface area contributed by atoms with Gasteiger partial charge in [0.1, 0.15) is 0 Å². The highest BCUT2D eigenvalue weighted by Crippen LogP contribution is 2.20. The molecule has 0 amide bonds. The van der Waals surface area contributed by atoms with Gasteiger partial charge in [0.15, 0.2) is 0 Å². The lowest BCUT2D eigenvalue weighted by molar-refractivity contribution is 0.567. The molecule has 3 N–H and O–H groups in total. The molecule has 1 atom stereocenters. The fraction of sp³-hybridized carbons (Fsp3) is 0.333. The Kier molecular flexibility index (Phi) is 5.27.